The average molecular weight is 197 g/mol. The van der Waals surface area contributed by atoms with Crippen LogP contribution in [0.1, 0.15) is 32.1 Å². The SMILES string of the molecule is O=C(O)C(C1CCC1)C1CCCNC1. The number of aliphatic carboxylic acids is 1. The van der Waals surface area contributed by atoms with Gasteiger partial charge in [-0.3, -0.25) is 4.79 Å². The number of carboxylic acid groups (broad SMARTS) is 1. The van der Waals surface area contributed by atoms with E-state index in [0.29, 0.717) is 11.8 Å². The Hall–Kier alpha value is -0.570. The predicted molar refractivity (Wildman–Crippen MR) is 54.1 cm³/mol. The van der Waals surface area contributed by atoms with Crippen LogP contribution in [0.15, 0.2) is 0 Å². The second kappa shape index (κ2) is 4.30. The monoisotopic (exact) mass is 197 g/mol. The lowest BCUT2D eigenvalue weighted by Crippen LogP contribution is -2.42. The lowest BCUT2D eigenvalue weighted by atomic mass is 9.69. The molecule has 3 heteroatoms. The van der Waals surface area contributed by atoms with E-state index in [1.54, 1.807) is 0 Å². The van der Waals surface area contributed by atoms with E-state index >= 15 is 0 Å². The minimum Gasteiger partial charge on any atom is -0.481 e. The van der Waals surface area contributed by atoms with E-state index in [4.69, 9.17) is 0 Å². The van der Waals surface area contributed by atoms with Crippen LogP contribution in [0.5, 0.6) is 0 Å². The summed E-state index contributed by atoms with van der Waals surface area (Å²) in [4.78, 5) is 11.2. The third-order valence-corrected chi connectivity index (χ3v) is 3.79. The van der Waals surface area contributed by atoms with Gasteiger partial charge in [-0.05, 0) is 50.6 Å². The van der Waals surface area contributed by atoms with Crippen molar-refractivity contribution in [3.8, 4) is 0 Å². The number of rotatable bonds is 3. The summed E-state index contributed by atoms with van der Waals surface area (Å²) < 4.78 is 0. The third-order valence-electron chi connectivity index (χ3n) is 3.79. The van der Waals surface area contributed by atoms with Crippen molar-refractivity contribution in [3.63, 3.8) is 0 Å². The molecule has 0 radical (unpaired) electrons. The van der Waals surface area contributed by atoms with Crippen LogP contribution in [0.2, 0.25) is 0 Å². The van der Waals surface area contributed by atoms with Gasteiger partial charge < -0.3 is 10.4 Å². The standard InChI is InChI=1S/C11H19NO2/c13-11(14)10(8-3-1-4-8)9-5-2-6-12-7-9/h8-10,12H,1-7H2,(H,13,14). The van der Waals surface area contributed by atoms with E-state index in [2.05, 4.69) is 5.32 Å². The van der Waals surface area contributed by atoms with Crippen molar-refractivity contribution < 1.29 is 9.90 Å². The Morgan fingerprint density at radius 3 is 2.36 bits per heavy atom. The van der Waals surface area contributed by atoms with Gasteiger partial charge in [-0.15, -0.1) is 0 Å². The predicted octanol–water partition coefficient (Wildman–Crippen LogP) is 1.49. The first-order valence-electron chi connectivity index (χ1n) is 5.72. The molecule has 0 aromatic rings. The van der Waals surface area contributed by atoms with Gasteiger partial charge in [0.25, 0.3) is 0 Å². The maximum Gasteiger partial charge on any atom is 0.307 e. The Bertz CT molecular complexity index is 207. The molecule has 0 bridgehead atoms. The van der Waals surface area contributed by atoms with Gasteiger partial charge in [0.15, 0.2) is 0 Å². The molecule has 80 valence electrons. The lowest BCUT2D eigenvalue weighted by Gasteiger charge is -2.37. The van der Waals surface area contributed by atoms with Crippen molar-refractivity contribution in [1.29, 1.82) is 0 Å². The molecule has 1 aliphatic carbocycles. The van der Waals surface area contributed by atoms with Gasteiger partial charge in [-0.2, -0.15) is 0 Å². The molecular formula is C11H19NO2. The zero-order chi connectivity index (χ0) is 9.97. The molecule has 2 fully saturated rings. The highest BCUT2D eigenvalue weighted by atomic mass is 16.4. The second-order valence-corrected chi connectivity index (χ2v) is 4.66. The van der Waals surface area contributed by atoms with Crippen molar-refractivity contribution in [2.75, 3.05) is 13.1 Å². The molecule has 0 spiro atoms. The molecule has 0 amide bonds. The molecule has 0 aromatic heterocycles. The number of nitrogens with one attached hydrogen (secondary N) is 1. The molecular weight excluding hydrogens is 178 g/mol. The minimum atomic E-state index is -0.566. The van der Waals surface area contributed by atoms with E-state index in [1.807, 2.05) is 0 Å². The van der Waals surface area contributed by atoms with Gasteiger partial charge in [0.1, 0.15) is 0 Å². The highest BCUT2D eigenvalue weighted by molar-refractivity contribution is 5.71. The quantitative estimate of drug-likeness (QED) is 0.720. The topological polar surface area (TPSA) is 49.3 Å². The summed E-state index contributed by atoms with van der Waals surface area (Å²) in [5.74, 6) is 0.212. The average Bonchev–Trinajstić information content (AvgIpc) is 2.12. The third kappa shape index (κ3) is 1.92. The van der Waals surface area contributed by atoms with Crippen molar-refractivity contribution in [1.82, 2.24) is 5.32 Å². The Morgan fingerprint density at radius 2 is 1.93 bits per heavy atom. The van der Waals surface area contributed by atoms with Gasteiger partial charge in [-0.1, -0.05) is 6.42 Å². The summed E-state index contributed by atoms with van der Waals surface area (Å²) in [7, 11) is 0. The summed E-state index contributed by atoms with van der Waals surface area (Å²) in [5.41, 5.74) is 0. The first-order valence-corrected chi connectivity index (χ1v) is 5.72. The maximum absolute atomic E-state index is 11.2. The van der Waals surface area contributed by atoms with Crippen molar-refractivity contribution in [2.24, 2.45) is 17.8 Å². The summed E-state index contributed by atoms with van der Waals surface area (Å²) in [6, 6.07) is 0. The molecule has 1 saturated heterocycles. The van der Waals surface area contributed by atoms with Crippen LogP contribution >= 0.6 is 0 Å². The van der Waals surface area contributed by atoms with Crippen molar-refractivity contribution >= 4 is 5.97 Å². The Kier molecular flexibility index (Phi) is 3.06. The summed E-state index contributed by atoms with van der Waals surface area (Å²) >= 11 is 0. The summed E-state index contributed by atoms with van der Waals surface area (Å²) in [6.45, 7) is 1.97. The molecule has 2 rings (SSSR count). The van der Waals surface area contributed by atoms with Gasteiger partial charge >= 0.3 is 5.97 Å². The second-order valence-electron chi connectivity index (χ2n) is 4.66. The normalized spacial score (nSPS) is 30.7. The zero-order valence-electron chi connectivity index (χ0n) is 8.54. The van der Waals surface area contributed by atoms with Crippen LogP contribution in [-0.4, -0.2) is 24.2 Å². The fourth-order valence-corrected chi connectivity index (χ4v) is 2.77. The highest BCUT2D eigenvalue weighted by Gasteiger charge is 2.38. The van der Waals surface area contributed by atoms with Gasteiger partial charge in [0.2, 0.25) is 0 Å². The minimum absolute atomic E-state index is 0.0726. The van der Waals surface area contributed by atoms with Crippen LogP contribution in [0.25, 0.3) is 0 Å². The van der Waals surface area contributed by atoms with Gasteiger partial charge in [-0.25, -0.2) is 0 Å². The first kappa shape index (κ1) is 9.97. The van der Waals surface area contributed by atoms with Crippen molar-refractivity contribution in [3.05, 3.63) is 0 Å². The van der Waals surface area contributed by atoms with Gasteiger partial charge in [0, 0.05) is 0 Å². The van der Waals surface area contributed by atoms with Crippen LogP contribution in [0.4, 0.5) is 0 Å². The highest BCUT2D eigenvalue weighted by Crippen LogP contribution is 2.39. The number of hydrogen-bond acceptors (Lipinski definition) is 2. The molecule has 1 heterocycles. The largest absolute Gasteiger partial charge is 0.481 e. The number of carboxylic acids is 1. The number of hydrogen-bond donors (Lipinski definition) is 2. The van der Waals surface area contributed by atoms with Crippen LogP contribution in [0.3, 0.4) is 0 Å². The molecule has 2 N–H and O–H groups in total. The smallest absolute Gasteiger partial charge is 0.307 e. The van der Waals surface area contributed by atoms with Crippen LogP contribution < -0.4 is 5.32 Å². The molecule has 2 atom stereocenters. The zero-order valence-corrected chi connectivity index (χ0v) is 8.54. The molecule has 14 heavy (non-hydrogen) atoms. The molecule has 0 aromatic carbocycles. The molecule has 3 nitrogen and oxygen atoms in total. The fraction of sp³-hybridized carbons (Fsp3) is 0.909. The Balaban J connectivity index is 1.97. The lowest BCUT2D eigenvalue weighted by molar-refractivity contribution is -0.148. The Morgan fingerprint density at radius 1 is 1.21 bits per heavy atom. The van der Waals surface area contributed by atoms with Crippen molar-refractivity contribution in [2.45, 2.75) is 32.1 Å². The van der Waals surface area contributed by atoms with E-state index in [-0.39, 0.29) is 5.92 Å². The summed E-state index contributed by atoms with van der Waals surface area (Å²) in [5, 5.41) is 12.5. The van der Waals surface area contributed by atoms with Crippen LogP contribution in [0, 0.1) is 17.8 Å². The van der Waals surface area contributed by atoms with Crippen LogP contribution in [-0.2, 0) is 4.79 Å². The fourth-order valence-electron chi connectivity index (χ4n) is 2.77. The number of carbonyl (C=O) groups is 1. The van der Waals surface area contributed by atoms with E-state index in [1.165, 1.54) is 6.42 Å². The maximum atomic E-state index is 11.2. The number of piperidine rings is 1. The van der Waals surface area contributed by atoms with E-state index < -0.39 is 5.97 Å². The van der Waals surface area contributed by atoms with E-state index in [0.717, 1.165) is 38.8 Å². The Labute approximate surface area is 84.9 Å². The molecule has 1 aliphatic heterocycles. The molecule has 2 aliphatic rings. The first-order chi connectivity index (χ1) is 6.79. The van der Waals surface area contributed by atoms with E-state index in [9.17, 15) is 9.90 Å². The molecule has 1 saturated carbocycles. The summed E-state index contributed by atoms with van der Waals surface area (Å²) in [6.07, 6.45) is 5.73. The molecule has 2 unspecified atom stereocenters. The van der Waals surface area contributed by atoms with Gasteiger partial charge in [0.05, 0.1) is 5.92 Å².